The van der Waals surface area contributed by atoms with Gasteiger partial charge >= 0.3 is 5.76 Å². The van der Waals surface area contributed by atoms with Gasteiger partial charge in [-0.05, 0) is 18.9 Å². The highest BCUT2D eigenvalue weighted by Crippen LogP contribution is 2.30. The summed E-state index contributed by atoms with van der Waals surface area (Å²) in [5.74, 6) is -0.437. The highest BCUT2D eigenvalue weighted by atomic mass is 16.4. The lowest BCUT2D eigenvalue weighted by atomic mass is 10.2. The van der Waals surface area contributed by atoms with Gasteiger partial charge in [0.1, 0.15) is 0 Å². The summed E-state index contributed by atoms with van der Waals surface area (Å²) in [6.45, 7) is 2.05. The Morgan fingerprint density at radius 2 is 2.06 bits per heavy atom. The minimum absolute atomic E-state index is 0.437. The molecule has 1 aromatic carbocycles. The number of nitrogens with one attached hydrogen (secondary N) is 1. The average molecular weight is 219 g/mol. The molecule has 3 rings (SSSR count). The molecule has 1 fully saturated rings. The Balaban J connectivity index is 2.16. The van der Waals surface area contributed by atoms with Crippen LogP contribution in [0.1, 0.15) is 12.8 Å². The van der Waals surface area contributed by atoms with Crippen LogP contribution in [0.5, 0.6) is 0 Å². The van der Waals surface area contributed by atoms with E-state index in [1.165, 1.54) is 12.8 Å². The third-order valence-electron chi connectivity index (χ3n) is 3.02. The first-order chi connectivity index (χ1) is 7.74. The van der Waals surface area contributed by atoms with Gasteiger partial charge < -0.3 is 15.1 Å². The van der Waals surface area contributed by atoms with Crippen LogP contribution >= 0.6 is 0 Å². The number of nitrogens with zero attached hydrogens (tertiary/aromatic N) is 1. The van der Waals surface area contributed by atoms with E-state index in [0.29, 0.717) is 16.8 Å². The summed E-state index contributed by atoms with van der Waals surface area (Å²) in [5, 5.41) is 0. The number of oxazole rings is 1. The number of aromatic amines is 1. The SMILES string of the molecule is Nc1cc2oc(=O)[nH]c2cc1N1CCCC1. The van der Waals surface area contributed by atoms with Crippen molar-refractivity contribution < 1.29 is 4.42 Å². The third-order valence-corrected chi connectivity index (χ3v) is 3.02. The number of aromatic nitrogens is 1. The molecule has 5 heteroatoms. The number of anilines is 2. The summed E-state index contributed by atoms with van der Waals surface area (Å²) in [5.41, 5.74) is 8.84. The Bertz CT molecular complexity index is 578. The highest BCUT2D eigenvalue weighted by Gasteiger charge is 2.16. The van der Waals surface area contributed by atoms with Crippen LogP contribution in [0, 0.1) is 0 Å². The van der Waals surface area contributed by atoms with Crippen molar-refractivity contribution in [2.75, 3.05) is 23.7 Å². The first-order valence-corrected chi connectivity index (χ1v) is 5.41. The molecule has 16 heavy (non-hydrogen) atoms. The lowest BCUT2D eigenvalue weighted by Gasteiger charge is -2.19. The summed E-state index contributed by atoms with van der Waals surface area (Å²) in [4.78, 5) is 15.9. The number of benzene rings is 1. The standard InChI is InChI=1S/C11H13N3O2/c12-7-5-10-8(13-11(15)16-10)6-9(7)14-3-1-2-4-14/h5-6H,1-4,12H2,(H,13,15). The van der Waals surface area contributed by atoms with Crippen LogP contribution in [0.2, 0.25) is 0 Å². The normalized spacial score (nSPS) is 16.1. The second-order valence-electron chi connectivity index (χ2n) is 4.12. The van der Waals surface area contributed by atoms with Gasteiger partial charge in [0.2, 0.25) is 0 Å². The zero-order chi connectivity index (χ0) is 11.1. The molecule has 0 bridgehead atoms. The molecule has 0 saturated carbocycles. The van der Waals surface area contributed by atoms with Gasteiger partial charge in [-0.2, -0.15) is 0 Å². The number of nitrogens with two attached hydrogens (primary N) is 1. The molecule has 0 radical (unpaired) electrons. The van der Waals surface area contributed by atoms with Gasteiger partial charge in [-0.1, -0.05) is 0 Å². The van der Waals surface area contributed by atoms with Crippen molar-refractivity contribution in [2.24, 2.45) is 0 Å². The van der Waals surface area contributed by atoms with E-state index in [-0.39, 0.29) is 0 Å². The van der Waals surface area contributed by atoms with E-state index < -0.39 is 5.76 Å². The van der Waals surface area contributed by atoms with Crippen molar-refractivity contribution in [2.45, 2.75) is 12.8 Å². The maximum atomic E-state index is 11.1. The summed E-state index contributed by atoms with van der Waals surface area (Å²) in [6.07, 6.45) is 2.39. The fourth-order valence-electron chi connectivity index (χ4n) is 2.23. The molecule has 2 aromatic rings. The Kier molecular flexibility index (Phi) is 1.92. The number of hydrogen-bond acceptors (Lipinski definition) is 4. The lowest BCUT2D eigenvalue weighted by Crippen LogP contribution is -2.18. The molecule has 0 spiro atoms. The minimum Gasteiger partial charge on any atom is -0.408 e. The van der Waals surface area contributed by atoms with Crippen LogP contribution in [0.4, 0.5) is 11.4 Å². The zero-order valence-electron chi connectivity index (χ0n) is 8.82. The number of H-pyrrole nitrogens is 1. The van der Waals surface area contributed by atoms with Gasteiger partial charge in [0.05, 0.1) is 16.9 Å². The quantitative estimate of drug-likeness (QED) is 0.709. The summed E-state index contributed by atoms with van der Waals surface area (Å²) >= 11 is 0. The van der Waals surface area contributed by atoms with Crippen molar-refractivity contribution >= 4 is 22.5 Å². The predicted molar refractivity (Wildman–Crippen MR) is 62.7 cm³/mol. The maximum Gasteiger partial charge on any atom is 0.417 e. The van der Waals surface area contributed by atoms with E-state index in [0.717, 1.165) is 18.8 Å². The van der Waals surface area contributed by atoms with Crippen molar-refractivity contribution in [3.63, 3.8) is 0 Å². The first kappa shape index (κ1) is 9.33. The molecule has 1 aliphatic rings. The maximum absolute atomic E-state index is 11.1. The smallest absolute Gasteiger partial charge is 0.408 e. The van der Waals surface area contributed by atoms with Crippen LogP contribution in [-0.4, -0.2) is 18.1 Å². The Labute approximate surface area is 91.8 Å². The van der Waals surface area contributed by atoms with Crippen molar-refractivity contribution in [3.8, 4) is 0 Å². The summed E-state index contributed by atoms with van der Waals surface area (Å²) < 4.78 is 4.96. The Morgan fingerprint density at radius 3 is 2.81 bits per heavy atom. The Morgan fingerprint density at radius 1 is 1.31 bits per heavy atom. The minimum atomic E-state index is -0.437. The third kappa shape index (κ3) is 1.36. The molecule has 0 amide bonds. The molecule has 0 atom stereocenters. The summed E-state index contributed by atoms with van der Waals surface area (Å²) in [7, 11) is 0. The van der Waals surface area contributed by atoms with E-state index >= 15 is 0 Å². The number of fused-ring (bicyclic) bond motifs is 1. The monoisotopic (exact) mass is 219 g/mol. The first-order valence-electron chi connectivity index (χ1n) is 5.41. The number of rotatable bonds is 1. The van der Waals surface area contributed by atoms with E-state index in [1.807, 2.05) is 6.07 Å². The van der Waals surface area contributed by atoms with E-state index in [4.69, 9.17) is 10.2 Å². The molecular formula is C11H13N3O2. The number of nitrogen functional groups attached to an aromatic ring is 1. The van der Waals surface area contributed by atoms with Crippen LogP contribution in [-0.2, 0) is 0 Å². The van der Waals surface area contributed by atoms with Gasteiger partial charge in [0.15, 0.2) is 5.58 Å². The molecular weight excluding hydrogens is 206 g/mol. The predicted octanol–water partition coefficient (Wildman–Crippen LogP) is 1.30. The zero-order valence-corrected chi connectivity index (χ0v) is 8.82. The average Bonchev–Trinajstić information content (AvgIpc) is 2.83. The van der Waals surface area contributed by atoms with Crippen molar-refractivity contribution in [1.29, 1.82) is 0 Å². The lowest BCUT2D eigenvalue weighted by molar-refractivity contribution is 0.555. The fourth-order valence-corrected chi connectivity index (χ4v) is 2.23. The molecule has 2 heterocycles. The molecule has 0 unspecified atom stereocenters. The van der Waals surface area contributed by atoms with Gasteiger partial charge in [-0.3, -0.25) is 4.98 Å². The van der Waals surface area contributed by atoms with Gasteiger partial charge in [-0.15, -0.1) is 0 Å². The van der Waals surface area contributed by atoms with Crippen molar-refractivity contribution in [1.82, 2.24) is 4.98 Å². The second-order valence-corrected chi connectivity index (χ2v) is 4.12. The van der Waals surface area contributed by atoms with E-state index in [1.54, 1.807) is 6.07 Å². The molecule has 1 saturated heterocycles. The van der Waals surface area contributed by atoms with Gasteiger partial charge in [0.25, 0.3) is 0 Å². The van der Waals surface area contributed by atoms with Crippen LogP contribution < -0.4 is 16.4 Å². The molecule has 1 aromatic heterocycles. The topological polar surface area (TPSA) is 75.3 Å². The van der Waals surface area contributed by atoms with Gasteiger partial charge in [-0.25, -0.2) is 4.79 Å². The summed E-state index contributed by atoms with van der Waals surface area (Å²) in [6, 6.07) is 3.60. The molecule has 1 aliphatic heterocycles. The highest BCUT2D eigenvalue weighted by molar-refractivity contribution is 5.85. The molecule has 3 N–H and O–H groups in total. The number of hydrogen-bond donors (Lipinski definition) is 2. The van der Waals surface area contributed by atoms with E-state index in [9.17, 15) is 4.79 Å². The van der Waals surface area contributed by atoms with Crippen molar-refractivity contribution in [3.05, 3.63) is 22.7 Å². The molecule has 84 valence electrons. The van der Waals surface area contributed by atoms with Crippen LogP contribution in [0.15, 0.2) is 21.3 Å². The fraction of sp³-hybridized carbons (Fsp3) is 0.364. The van der Waals surface area contributed by atoms with E-state index in [2.05, 4.69) is 9.88 Å². The van der Waals surface area contributed by atoms with Gasteiger partial charge in [0, 0.05) is 19.2 Å². The second kappa shape index (κ2) is 3.30. The largest absolute Gasteiger partial charge is 0.417 e. The molecule has 5 nitrogen and oxygen atoms in total. The van der Waals surface area contributed by atoms with Crippen LogP contribution in [0.25, 0.3) is 11.1 Å². The Hall–Kier alpha value is -1.91. The van der Waals surface area contributed by atoms with Crippen LogP contribution in [0.3, 0.4) is 0 Å². The molecule has 0 aliphatic carbocycles.